The fourth-order valence-corrected chi connectivity index (χ4v) is 3.73. The zero-order valence-corrected chi connectivity index (χ0v) is 17.1. The third-order valence-corrected chi connectivity index (χ3v) is 5.59. The van der Waals surface area contributed by atoms with Crippen LogP contribution in [0.3, 0.4) is 0 Å². The molecule has 5 atom stereocenters. The molecular formula is C22H22ClNO7. The maximum absolute atomic E-state index is 10.4. The predicted molar refractivity (Wildman–Crippen MR) is 110 cm³/mol. The number of rotatable bonds is 6. The molecule has 1 aromatic heterocycles. The molecule has 8 nitrogen and oxygen atoms in total. The molecule has 1 fully saturated rings. The van der Waals surface area contributed by atoms with Gasteiger partial charge in [0.05, 0.1) is 12.8 Å². The number of oxazole rings is 1. The lowest BCUT2D eigenvalue weighted by atomic mass is 9.90. The summed E-state index contributed by atoms with van der Waals surface area (Å²) in [6.07, 6.45) is -2.50. The maximum Gasteiger partial charge on any atom is 0.399 e. The first-order chi connectivity index (χ1) is 15.0. The summed E-state index contributed by atoms with van der Waals surface area (Å²) < 4.78 is 16.2. The van der Waals surface area contributed by atoms with Crippen LogP contribution < -0.4 is 4.74 Å². The van der Waals surface area contributed by atoms with Crippen molar-refractivity contribution in [3.8, 4) is 11.8 Å². The summed E-state index contributed by atoms with van der Waals surface area (Å²) in [5.74, 6) is 0.576. The van der Waals surface area contributed by atoms with Gasteiger partial charge in [-0.15, -0.1) is 0 Å². The van der Waals surface area contributed by atoms with Crippen LogP contribution in [0.25, 0.3) is 0 Å². The summed E-state index contributed by atoms with van der Waals surface area (Å²) in [5.41, 5.74) is 2.34. The molecule has 0 spiro atoms. The first-order valence-electron chi connectivity index (χ1n) is 9.71. The normalized spacial score (nSPS) is 26.0. The first kappa shape index (κ1) is 21.8. The van der Waals surface area contributed by atoms with Gasteiger partial charge in [0, 0.05) is 5.02 Å². The molecule has 9 heteroatoms. The minimum absolute atomic E-state index is 0.156. The summed E-state index contributed by atoms with van der Waals surface area (Å²) in [4.78, 5) is 3.91. The molecule has 2 heterocycles. The number of benzene rings is 2. The Morgan fingerprint density at radius 3 is 2.45 bits per heavy atom. The number of hydrogen-bond donors (Lipinski definition) is 4. The van der Waals surface area contributed by atoms with Gasteiger partial charge in [0.1, 0.15) is 42.5 Å². The molecule has 1 aliphatic rings. The topological polar surface area (TPSA) is 125 Å². The molecule has 0 saturated carbocycles. The van der Waals surface area contributed by atoms with Gasteiger partial charge in [-0.2, -0.15) is 4.98 Å². The van der Waals surface area contributed by atoms with E-state index in [1.54, 1.807) is 30.3 Å². The molecule has 2 aromatic carbocycles. The van der Waals surface area contributed by atoms with Crippen molar-refractivity contribution in [3.63, 3.8) is 0 Å². The Morgan fingerprint density at radius 1 is 1.00 bits per heavy atom. The number of aliphatic hydroxyl groups excluding tert-OH is 4. The second-order valence-electron chi connectivity index (χ2n) is 7.32. The lowest BCUT2D eigenvalue weighted by Gasteiger charge is -2.40. The summed E-state index contributed by atoms with van der Waals surface area (Å²) in [5, 5.41) is 40.4. The molecule has 1 saturated heterocycles. The van der Waals surface area contributed by atoms with Crippen molar-refractivity contribution < 1.29 is 34.3 Å². The Hall–Kier alpha value is -2.46. The number of aliphatic hydroxyl groups is 4. The van der Waals surface area contributed by atoms with E-state index in [4.69, 9.17) is 25.5 Å². The van der Waals surface area contributed by atoms with E-state index >= 15 is 0 Å². The highest BCUT2D eigenvalue weighted by Gasteiger charge is 2.44. The lowest BCUT2D eigenvalue weighted by molar-refractivity contribution is -0.231. The number of nitrogens with zero attached hydrogens (tertiary/aromatic N) is 1. The lowest BCUT2D eigenvalue weighted by Crippen LogP contribution is -2.55. The molecule has 0 amide bonds. The van der Waals surface area contributed by atoms with Crippen LogP contribution in [-0.2, 0) is 11.2 Å². The van der Waals surface area contributed by atoms with E-state index in [0.717, 1.165) is 11.1 Å². The molecule has 4 rings (SSSR count). The fourth-order valence-electron chi connectivity index (χ4n) is 3.54. The molecular weight excluding hydrogens is 426 g/mol. The van der Waals surface area contributed by atoms with E-state index in [2.05, 4.69) is 4.98 Å². The average Bonchev–Trinajstić information content (AvgIpc) is 3.28. The Balaban J connectivity index is 1.51. The highest BCUT2D eigenvalue weighted by atomic mass is 35.5. The second kappa shape index (κ2) is 9.35. The number of aromatic nitrogens is 1. The predicted octanol–water partition coefficient (Wildman–Crippen LogP) is 2.23. The second-order valence-corrected chi connectivity index (χ2v) is 7.73. The average molecular weight is 448 g/mol. The van der Waals surface area contributed by atoms with Gasteiger partial charge in [-0.3, -0.25) is 0 Å². The highest BCUT2D eigenvalue weighted by molar-refractivity contribution is 6.31. The standard InChI is InChI=1S/C22H22ClNO7/c23-16-6-3-13(21-20(28)19(27)18(26)17(11-25)31-21)10-14(16)9-12-1-4-15(5-2-12)30-22-24-7-8-29-22/h1-8,10,17-21,25-28H,9,11H2/t17-,18-,19?,20-,21+/m1/s1. The Kier molecular flexibility index (Phi) is 6.57. The van der Waals surface area contributed by atoms with Gasteiger partial charge < -0.3 is 34.3 Å². The number of ether oxygens (including phenoxy) is 2. The molecule has 0 bridgehead atoms. The van der Waals surface area contributed by atoms with Gasteiger partial charge in [0.2, 0.25) is 0 Å². The van der Waals surface area contributed by atoms with E-state index in [9.17, 15) is 20.4 Å². The summed E-state index contributed by atoms with van der Waals surface area (Å²) in [7, 11) is 0. The summed E-state index contributed by atoms with van der Waals surface area (Å²) in [6, 6.07) is 12.5. The Bertz CT molecular complexity index is 994. The molecule has 1 aliphatic heterocycles. The highest BCUT2D eigenvalue weighted by Crippen LogP contribution is 2.34. The zero-order valence-electron chi connectivity index (χ0n) is 16.3. The first-order valence-corrected chi connectivity index (χ1v) is 10.1. The van der Waals surface area contributed by atoms with E-state index in [1.807, 2.05) is 12.1 Å². The van der Waals surface area contributed by atoms with E-state index in [1.165, 1.54) is 12.5 Å². The van der Waals surface area contributed by atoms with Gasteiger partial charge >= 0.3 is 6.08 Å². The quantitative estimate of drug-likeness (QED) is 0.453. The largest absolute Gasteiger partial charge is 0.417 e. The van der Waals surface area contributed by atoms with Crippen LogP contribution in [0.4, 0.5) is 0 Å². The smallest absolute Gasteiger partial charge is 0.399 e. The van der Waals surface area contributed by atoms with Gasteiger partial charge in [0.25, 0.3) is 0 Å². The summed E-state index contributed by atoms with van der Waals surface area (Å²) >= 11 is 6.38. The van der Waals surface area contributed by atoms with Gasteiger partial charge in [0.15, 0.2) is 0 Å². The monoisotopic (exact) mass is 447 g/mol. The van der Waals surface area contributed by atoms with Gasteiger partial charge in [-0.05, 0) is 41.3 Å². The molecule has 31 heavy (non-hydrogen) atoms. The SMILES string of the molecule is OC[C@H]1O[C@@H](c2ccc(Cl)c(Cc3ccc(Oc4ncco4)cc3)c2)[C@H](O)C(O)[C@@H]1O. The van der Waals surface area contributed by atoms with Crippen molar-refractivity contribution in [2.75, 3.05) is 6.61 Å². The van der Waals surface area contributed by atoms with Crippen LogP contribution in [0.15, 0.2) is 59.3 Å². The molecule has 3 aromatic rings. The van der Waals surface area contributed by atoms with Crippen LogP contribution in [0.1, 0.15) is 22.8 Å². The third kappa shape index (κ3) is 4.74. The van der Waals surface area contributed by atoms with Crippen molar-refractivity contribution in [2.24, 2.45) is 0 Å². The van der Waals surface area contributed by atoms with Crippen LogP contribution in [0.2, 0.25) is 5.02 Å². The van der Waals surface area contributed by atoms with Crippen molar-refractivity contribution in [1.29, 1.82) is 0 Å². The maximum atomic E-state index is 10.4. The van der Waals surface area contributed by atoms with Crippen molar-refractivity contribution >= 4 is 11.6 Å². The van der Waals surface area contributed by atoms with E-state index in [0.29, 0.717) is 22.8 Å². The van der Waals surface area contributed by atoms with E-state index in [-0.39, 0.29) is 6.08 Å². The minimum atomic E-state index is -1.44. The third-order valence-electron chi connectivity index (χ3n) is 5.22. The van der Waals surface area contributed by atoms with Crippen LogP contribution >= 0.6 is 11.6 Å². The minimum Gasteiger partial charge on any atom is -0.417 e. The molecule has 0 radical (unpaired) electrons. The van der Waals surface area contributed by atoms with Crippen molar-refractivity contribution in [3.05, 3.63) is 76.6 Å². The number of hydrogen-bond acceptors (Lipinski definition) is 8. The van der Waals surface area contributed by atoms with Crippen LogP contribution in [0, 0.1) is 0 Å². The van der Waals surface area contributed by atoms with Crippen LogP contribution in [0.5, 0.6) is 11.8 Å². The Morgan fingerprint density at radius 2 is 1.77 bits per heavy atom. The van der Waals surface area contributed by atoms with Gasteiger partial charge in [-0.1, -0.05) is 35.9 Å². The molecule has 4 N–H and O–H groups in total. The fraction of sp³-hybridized carbons (Fsp3) is 0.318. The molecule has 0 aliphatic carbocycles. The molecule has 164 valence electrons. The van der Waals surface area contributed by atoms with Gasteiger partial charge in [-0.25, -0.2) is 0 Å². The van der Waals surface area contributed by atoms with Crippen molar-refractivity contribution in [2.45, 2.75) is 36.9 Å². The van der Waals surface area contributed by atoms with Crippen molar-refractivity contribution in [1.82, 2.24) is 4.98 Å². The summed E-state index contributed by atoms with van der Waals surface area (Å²) in [6.45, 7) is -0.482. The number of halogens is 1. The van der Waals surface area contributed by atoms with E-state index < -0.39 is 37.1 Å². The Labute approximate surface area is 183 Å². The van der Waals surface area contributed by atoms with Crippen LogP contribution in [-0.4, -0.2) is 56.4 Å². The zero-order chi connectivity index (χ0) is 22.0. The molecule has 1 unspecified atom stereocenters.